The molecule has 0 bridgehead atoms. The first-order chi connectivity index (χ1) is 10.4. The molecule has 2 rings (SSSR count). The van der Waals surface area contributed by atoms with Gasteiger partial charge in [0.05, 0.1) is 4.90 Å². The van der Waals surface area contributed by atoms with Crippen LogP contribution in [0.3, 0.4) is 0 Å². The van der Waals surface area contributed by atoms with Gasteiger partial charge in [0.25, 0.3) is 10.0 Å². The number of benzene rings is 2. The maximum Gasteiger partial charge on any atom is 0.261 e. The van der Waals surface area contributed by atoms with Gasteiger partial charge >= 0.3 is 0 Å². The monoisotopic (exact) mass is 318 g/mol. The van der Waals surface area contributed by atoms with E-state index in [0.29, 0.717) is 11.6 Å². The fourth-order valence-corrected chi connectivity index (χ4v) is 3.14. The number of sulfonamides is 1. The Hall–Kier alpha value is -2.01. The Labute approximate surface area is 132 Å². The molecule has 0 saturated heterocycles. The summed E-state index contributed by atoms with van der Waals surface area (Å²) in [5, 5.41) is 3.30. The van der Waals surface area contributed by atoms with Crippen molar-refractivity contribution in [3.63, 3.8) is 0 Å². The molecule has 0 aromatic heterocycles. The van der Waals surface area contributed by atoms with Crippen molar-refractivity contribution in [3.8, 4) is 0 Å². The van der Waals surface area contributed by atoms with Gasteiger partial charge < -0.3 is 5.32 Å². The van der Waals surface area contributed by atoms with Crippen LogP contribution in [0.2, 0.25) is 0 Å². The summed E-state index contributed by atoms with van der Waals surface area (Å²) in [6.45, 7) is 7.03. The summed E-state index contributed by atoms with van der Waals surface area (Å²) in [7, 11) is -3.54. The Balaban J connectivity index is 2.10. The van der Waals surface area contributed by atoms with Crippen LogP contribution in [-0.4, -0.2) is 15.0 Å². The van der Waals surface area contributed by atoms with E-state index >= 15 is 0 Å². The predicted octanol–water partition coefficient (Wildman–Crippen LogP) is 3.86. The molecule has 22 heavy (non-hydrogen) atoms. The smallest absolute Gasteiger partial charge is 0.261 e. The predicted molar refractivity (Wildman–Crippen MR) is 91.8 cm³/mol. The Bertz CT molecular complexity index is 723. The molecule has 0 aliphatic rings. The molecule has 0 spiro atoms. The zero-order valence-electron chi connectivity index (χ0n) is 13.1. The highest BCUT2D eigenvalue weighted by Gasteiger charge is 2.13. The summed E-state index contributed by atoms with van der Waals surface area (Å²) in [4.78, 5) is 0.273. The summed E-state index contributed by atoms with van der Waals surface area (Å²) in [5.74, 6) is 0.555. The molecular formula is C17H22N2O2S. The van der Waals surface area contributed by atoms with E-state index in [0.717, 1.165) is 17.8 Å². The first-order valence-electron chi connectivity index (χ1n) is 7.30. The molecule has 0 heterocycles. The van der Waals surface area contributed by atoms with Gasteiger partial charge in [-0.25, -0.2) is 8.42 Å². The standard InChI is InChI=1S/C17H22N2O2S/c1-13(2)12-18-15-7-9-16(10-8-15)19-22(20,21)17-6-4-5-14(3)11-17/h4-11,13,18-19H,12H2,1-3H3. The van der Waals surface area contributed by atoms with Crippen molar-refractivity contribution in [2.75, 3.05) is 16.6 Å². The summed E-state index contributed by atoms with van der Waals surface area (Å²) in [6, 6.07) is 14.1. The zero-order chi connectivity index (χ0) is 16.2. The van der Waals surface area contributed by atoms with E-state index in [2.05, 4.69) is 23.9 Å². The molecule has 0 amide bonds. The lowest BCUT2D eigenvalue weighted by atomic mass is 10.2. The lowest BCUT2D eigenvalue weighted by molar-refractivity contribution is 0.601. The average Bonchev–Trinajstić information content (AvgIpc) is 2.46. The average molecular weight is 318 g/mol. The number of nitrogens with one attached hydrogen (secondary N) is 2. The summed E-state index contributed by atoms with van der Waals surface area (Å²) >= 11 is 0. The largest absolute Gasteiger partial charge is 0.385 e. The number of hydrogen-bond donors (Lipinski definition) is 2. The highest BCUT2D eigenvalue weighted by atomic mass is 32.2. The topological polar surface area (TPSA) is 58.2 Å². The van der Waals surface area contributed by atoms with Crippen LogP contribution in [0, 0.1) is 12.8 Å². The zero-order valence-corrected chi connectivity index (χ0v) is 13.9. The Morgan fingerprint density at radius 1 is 1.00 bits per heavy atom. The second-order valence-electron chi connectivity index (χ2n) is 5.77. The van der Waals surface area contributed by atoms with Crippen LogP contribution < -0.4 is 10.0 Å². The van der Waals surface area contributed by atoms with Crippen molar-refractivity contribution < 1.29 is 8.42 Å². The molecule has 0 atom stereocenters. The SMILES string of the molecule is Cc1cccc(S(=O)(=O)Nc2ccc(NCC(C)C)cc2)c1. The third kappa shape index (κ3) is 4.49. The van der Waals surface area contributed by atoms with Crippen LogP contribution in [0.25, 0.3) is 0 Å². The lowest BCUT2D eigenvalue weighted by Crippen LogP contribution is -2.13. The maximum absolute atomic E-state index is 12.3. The molecule has 0 unspecified atom stereocenters. The van der Waals surface area contributed by atoms with Gasteiger partial charge in [-0.05, 0) is 54.8 Å². The Morgan fingerprint density at radius 2 is 1.64 bits per heavy atom. The van der Waals surface area contributed by atoms with E-state index in [-0.39, 0.29) is 4.90 Å². The highest BCUT2D eigenvalue weighted by molar-refractivity contribution is 7.92. The molecule has 2 aromatic rings. The van der Waals surface area contributed by atoms with E-state index in [1.54, 1.807) is 30.3 Å². The van der Waals surface area contributed by atoms with Gasteiger partial charge in [-0.1, -0.05) is 26.0 Å². The second-order valence-corrected chi connectivity index (χ2v) is 7.46. The summed E-state index contributed by atoms with van der Waals surface area (Å²) < 4.78 is 27.3. The van der Waals surface area contributed by atoms with Crippen LogP contribution in [0.1, 0.15) is 19.4 Å². The lowest BCUT2D eigenvalue weighted by Gasteiger charge is -2.11. The van der Waals surface area contributed by atoms with Crippen LogP contribution in [-0.2, 0) is 10.0 Å². The van der Waals surface area contributed by atoms with Gasteiger partial charge in [-0.3, -0.25) is 4.72 Å². The molecule has 0 saturated carbocycles. The maximum atomic E-state index is 12.3. The highest BCUT2D eigenvalue weighted by Crippen LogP contribution is 2.19. The van der Waals surface area contributed by atoms with Gasteiger partial charge in [0, 0.05) is 17.9 Å². The van der Waals surface area contributed by atoms with Crippen molar-refractivity contribution >= 4 is 21.4 Å². The van der Waals surface area contributed by atoms with Gasteiger partial charge in [-0.2, -0.15) is 0 Å². The molecule has 2 aromatic carbocycles. The van der Waals surface area contributed by atoms with E-state index in [1.165, 1.54) is 0 Å². The molecule has 2 N–H and O–H groups in total. The van der Waals surface area contributed by atoms with Crippen molar-refractivity contribution in [1.82, 2.24) is 0 Å². The molecule has 0 aliphatic heterocycles. The third-order valence-electron chi connectivity index (χ3n) is 3.15. The van der Waals surface area contributed by atoms with Gasteiger partial charge in [0.1, 0.15) is 0 Å². The molecule has 0 fully saturated rings. The van der Waals surface area contributed by atoms with Crippen LogP contribution in [0.4, 0.5) is 11.4 Å². The van der Waals surface area contributed by atoms with E-state index in [4.69, 9.17) is 0 Å². The number of rotatable bonds is 6. The van der Waals surface area contributed by atoms with Gasteiger partial charge in [0.15, 0.2) is 0 Å². The number of hydrogen-bond acceptors (Lipinski definition) is 3. The first-order valence-corrected chi connectivity index (χ1v) is 8.78. The quantitative estimate of drug-likeness (QED) is 0.850. The minimum Gasteiger partial charge on any atom is -0.385 e. The minimum absolute atomic E-state index is 0.273. The molecule has 5 heteroatoms. The second kappa shape index (κ2) is 6.83. The third-order valence-corrected chi connectivity index (χ3v) is 4.53. The van der Waals surface area contributed by atoms with E-state index < -0.39 is 10.0 Å². The Morgan fingerprint density at radius 3 is 2.23 bits per heavy atom. The molecule has 0 radical (unpaired) electrons. The van der Waals surface area contributed by atoms with Crippen molar-refractivity contribution in [3.05, 3.63) is 54.1 Å². The van der Waals surface area contributed by atoms with E-state index in [9.17, 15) is 8.42 Å². The fourth-order valence-electron chi connectivity index (χ4n) is 1.97. The summed E-state index contributed by atoms with van der Waals surface area (Å²) in [5.41, 5.74) is 2.44. The van der Waals surface area contributed by atoms with Crippen LogP contribution in [0.5, 0.6) is 0 Å². The molecular weight excluding hydrogens is 296 g/mol. The van der Waals surface area contributed by atoms with Crippen molar-refractivity contribution in [2.24, 2.45) is 5.92 Å². The summed E-state index contributed by atoms with van der Waals surface area (Å²) in [6.07, 6.45) is 0. The van der Waals surface area contributed by atoms with E-state index in [1.807, 2.05) is 25.1 Å². The molecule has 4 nitrogen and oxygen atoms in total. The van der Waals surface area contributed by atoms with Gasteiger partial charge in [0.2, 0.25) is 0 Å². The Kier molecular flexibility index (Phi) is 5.08. The number of aryl methyl sites for hydroxylation is 1. The van der Waals surface area contributed by atoms with Gasteiger partial charge in [-0.15, -0.1) is 0 Å². The first kappa shape index (κ1) is 16.4. The van der Waals surface area contributed by atoms with Crippen molar-refractivity contribution in [2.45, 2.75) is 25.7 Å². The van der Waals surface area contributed by atoms with Crippen LogP contribution in [0.15, 0.2) is 53.4 Å². The molecule has 118 valence electrons. The fraction of sp³-hybridized carbons (Fsp3) is 0.294. The molecule has 0 aliphatic carbocycles. The van der Waals surface area contributed by atoms with Crippen molar-refractivity contribution in [1.29, 1.82) is 0 Å². The van der Waals surface area contributed by atoms with Crippen LogP contribution >= 0.6 is 0 Å². The minimum atomic E-state index is -3.54. The number of anilines is 2. The normalized spacial score (nSPS) is 11.5.